The molecule has 0 radical (unpaired) electrons. The van der Waals surface area contributed by atoms with Gasteiger partial charge in [-0.3, -0.25) is 19.3 Å². The second-order valence-corrected chi connectivity index (χ2v) is 9.02. The number of hydrogen-bond donors (Lipinski definition) is 0. The van der Waals surface area contributed by atoms with Crippen LogP contribution in [0.2, 0.25) is 0 Å². The first-order chi connectivity index (χ1) is 15.5. The van der Waals surface area contributed by atoms with Gasteiger partial charge in [0.1, 0.15) is 0 Å². The highest BCUT2D eigenvalue weighted by Crippen LogP contribution is 2.30. The first-order valence-electron chi connectivity index (χ1n) is 10.6. The van der Waals surface area contributed by atoms with Crippen LogP contribution in [0.5, 0.6) is 0 Å². The molecule has 0 spiro atoms. The Bertz CT molecular complexity index is 1150. The number of carbonyl (C=O) groups is 3. The lowest BCUT2D eigenvalue weighted by Crippen LogP contribution is -2.46. The Morgan fingerprint density at radius 3 is 2.50 bits per heavy atom. The van der Waals surface area contributed by atoms with Crippen LogP contribution in [-0.2, 0) is 9.59 Å². The number of piperidine rings is 1. The van der Waals surface area contributed by atoms with Crippen LogP contribution >= 0.6 is 11.3 Å². The molecule has 0 bridgehead atoms. The number of amides is 2. The molecule has 2 fully saturated rings. The highest BCUT2D eigenvalue weighted by molar-refractivity contribution is 7.13. The average Bonchev–Trinajstić information content (AvgIpc) is 3.54. The van der Waals surface area contributed by atoms with Crippen LogP contribution in [0.15, 0.2) is 41.8 Å². The third-order valence-corrected chi connectivity index (χ3v) is 6.96. The van der Waals surface area contributed by atoms with Crippen molar-refractivity contribution in [2.45, 2.75) is 38.3 Å². The van der Waals surface area contributed by atoms with Crippen LogP contribution in [-0.4, -0.2) is 61.8 Å². The summed E-state index contributed by atoms with van der Waals surface area (Å²) in [6, 6.07) is 10.2. The summed E-state index contributed by atoms with van der Waals surface area (Å²) < 4.78 is 0. The molecule has 2 aromatic heterocycles. The largest absolute Gasteiger partial charge is 0.295 e. The quantitative estimate of drug-likeness (QED) is 0.435. The van der Waals surface area contributed by atoms with Gasteiger partial charge in [-0.15, -0.1) is 21.5 Å². The smallest absolute Gasteiger partial charge is 0.251 e. The maximum absolute atomic E-state index is 13.1. The molecule has 1 atom stereocenters. The highest BCUT2D eigenvalue weighted by Gasteiger charge is 2.43. The van der Waals surface area contributed by atoms with E-state index in [1.54, 1.807) is 40.4 Å². The van der Waals surface area contributed by atoms with Crippen LogP contribution in [0.1, 0.15) is 42.6 Å². The number of nitrogens with zero attached hydrogens (tertiary/aromatic N) is 6. The van der Waals surface area contributed by atoms with Crippen molar-refractivity contribution in [3.8, 4) is 10.7 Å². The van der Waals surface area contributed by atoms with Gasteiger partial charge in [0, 0.05) is 18.7 Å². The molecule has 2 saturated heterocycles. The Hall–Kier alpha value is -3.24. The van der Waals surface area contributed by atoms with Crippen molar-refractivity contribution in [3.63, 3.8) is 0 Å². The molecular formula is C22H22N6O3S. The first kappa shape index (κ1) is 20.7. The number of anilines is 1. The van der Waals surface area contributed by atoms with E-state index in [9.17, 15) is 14.4 Å². The molecule has 1 aromatic carbocycles. The van der Waals surface area contributed by atoms with Gasteiger partial charge >= 0.3 is 0 Å². The molecular weight excluding hydrogens is 428 g/mol. The Labute approximate surface area is 188 Å². The van der Waals surface area contributed by atoms with Gasteiger partial charge in [-0.2, -0.15) is 4.80 Å². The summed E-state index contributed by atoms with van der Waals surface area (Å²) in [6.45, 7) is 2.85. The lowest BCUT2D eigenvalue weighted by molar-refractivity contribution is -0.123. The summed E-state index contributed by atoms with van der Waals surface area (Å²) >= 11 is 1.58. The Kier molecular flexibility index (Phi) is 5.40. The molecule has 5 rings (SSSR count). The van der Waals surface area contributed by atoms with Crippen LogP contribution in [0, 0.1) is 0 Å². The Morgan fingerprint density at radius 2 is 1.84 bits per heavy atom. The molecule has 3 aromatic rings. The first-order valence-corrected chi connectivity index (χ1v) is 11.4. The number of carbonyl (C=O) groups excluding carboxylic acids is 3. The predicted molar refractivity (Wildman–Crippen MR) is 118 cm³/mol. The maximum Gasteiger partial charge on any atom is 0.251 e. The van der Waals surface area contributed by atoms with Gasteiger partial charge in [0.15, 0.2) is 5.78 Å². The number of hydrogen-bond acceptors (Lipinski definition) is 8. The summed E-state index contributed by atoms with van der Waals surface area (Å²) in [5.74, 6) is 0.158. The molecule has 2 aliphatic heterocycles. The number of aromatic nitrogens is 4. The van der Waals surface area contributed by atoms with Crippen molar-refractivity contribution in [1.29, 1.82) is 0 Å². The van der Waals surface area contributed by atoms with E-state index in [-0.39, 0.29) is 30.1 Å². The van der Waals surface area contributed by atoms with Gasteiger partial charge in [0.05, 0.1) is 29.1 Å². The third kappa shape index (κ3) is 3.76. The van der Waals surface area contributed by atoms with E-state index >= 15 is 0 Å². The number of Topliss-reactive ketones (excluding diaryl/α,β-unsaturated/α-hetero) is 1. The van der Waals surface area contributed by atoms with Crippen LogP contribution in [0.4, 0.5) is 5.69 Å². The number of thiophene rings is 1. The summed E-state index contributed by atoms with van der Waals surface area (Å²) in [7, 11) is 0. The number of ketones is 1. The minimum atomic E-state index is -0.457. The molecule has 2 aliphatic rings. The minimum Gasteiger partial charge on any atom is -0.295 e. The van der Waals surface area contributed by atoms with Gasteiger partial charge < -0.3 is 0 Å². The Balaban J connectivity index is 1.23. The van der Waals surface area contributed by atoms with Crippen molar-refractivity contribution in [2.75, 3.05) is 18.0 Å². The summed E-state index contributed by atoms with van der Waals surface area (Å²) in [4.78, 5) is 43.2. The van der Waals surface area contributed by atoms with E-state index in [1.807, 2.05) is 17.5 Å². The standard InChI is InChI=1S/C22H22N6O3S/c1-14(29)15-4-6-16(7-5-15)27-20(30)13-18(22(27)31)26-10-8-17(9-11-26)28-24-21(23-25-28)19-3-2-12-32-19/h2-7,12,17-18H,8-11,13H2,1H3/t18-/m0/s1. The predicted octanol–water partition coefficient (Wildman–Crippen LogP) is 2.57. The maximum atomic E-state index is 13.1. The molecule has 0 aliphatic carbocycles. The third-order valence-electron chi connectivity index (χ3n) is 6.09. The molecule has 4 heterocycles. The fourth-order valence-electron chi connectivity index (χ4n) is 4.33. The van der Waals surface area contributed by atoms with Crippen LogP contribution in [0.25, 0.3) is 10.7 Å². The molecule has 0 saturated carbocycles. The summed E-state index contributed by atoms with van der Waals surface area (Å²) in [5, 5.41) is 14.9. The van der Waals surface area contributed by atoms with E-state index in [0.717, 1.165) is 17.7 Å². The fraction of sp³-hybridized carbons (Fsp3) is 0.364. The van der Waals surface area contributed by atoms with Gasteiger partial charge in [-0.1, -0.05) is 6.07 Å². The zero-order valence-electron chi connectivity index (χ0n) is 17.5. The van der Waals surface area contributed by atoms with Crippen molar-refractivity contribution in [3.05, 3.63) is 47.3 Å². The molecule has 164 valence electrons. The van der Waals surface area contributed by atoms with Crippen molar-refractivity contribution >= 4 is 34.6 Å². The number of imide groups is 1. The Morgan fingerprint density at radius 1 is 1.09 bits per heavy atom. The van der Waals surface area contributed by atoms with Gasteiger partial charge in [-0.05, 0) is 60.7 Å². The zero-order valence-corrected chi connectivity index (χ0v) is 18.4. The number of tetrazole rings is 1. The normalized spacial score (nSPS) is 20.3. The minimum absolute atomic E-state index is 0.0549. The fourth-order valence-corrected chi connectivity index (χ4v) is 4.98. The molecule has 2 amide bonds. The van der Waals surface area contributed by atoms with Crippen molar-refractivity contribution in [1.82, 2.24) is 25.1 Å². The van der Waals surface area contributed by atoms with Crippen molar-refractivity contribution < 1.29 is 14.4 Å². The molecule has 0 N–H and O–H groups in total. The zero-order chi connectivity index (χ0) is 22.2. The summed E-state index contributed by atoms with van der Waals surface area (Å²) in [6.07, 6.45) is 1.74. The lowest BCUT2D eigenvalue weighted by Gasteiger charge is -2.34. The van der Waals surface area contributed by atoms with Crippen LogP contribution < -0.4 is 4.90 Å². The molecule has 9 nitrogen and oxygen atoms in total. The van der Waals surface area contributed by atoms with E-state index in [2.05, 4.69) is 20.3 Å². The second-order valence-electron chi connectivity index (χ2n) is 8.07. The van der Waals surface area contributed by atoms with Gasteiger partial charge in [-0.25, -0.2) is 4.90 Å². The monoisotopic (exact) mass is 450 g/mol. The van der Waals surface area contributed by atoms with Gasteiger partial charge in [0.2, 0.25) is 11.7 Å². The summed E-state index contributed by atoms with van der Waals surface area (Å²) in [5.41, 5.74) is 1.06. The molecule has 0 unspecified atom stereocenters. The lowest BCUT2D eigenvalue weighted by atomic mass is 10.0. The average molecular weight is 451 g/mol. The second kappa shape index (κ2) is 8.36. The van der Waals surface area contributed by atoms with E-state index in [0.29, 0.717) is 30.2 Å². The van der Waals surface area contributed by atoms with E-state index in [1.165, 1.54) is 11.8 Å². The topological polar surface area (TPSA) is 101 Å². The van der Waals surface area contributed by atoms with E-state index in [4.69, 9.17) is 0 Å². The highest BCUT2D eigenvalue weighted by atomic mass is 32.1. The number of likely N-dealkylation sites (tertiary alicyclic amines) is 1. The SMILES string of the molecule is CC(=O)c1ccc(N2C(=O)C[C@H](N3CCC(n4nnc(-c5cccs5)n4)CC3)C2=O)cc1. The van der Waals surface area contributed by atoms with Crippen molar-refractivity contribution in [2.24, 2.45) is 0 Å². The van der Waals surface area contributed by atoms with Crippen LogP contribution in [0.3, 0.4) is 0 Å². The number of benzene rings is 1. The molecule has 32 heavy (non-hydrogen) atoms. The number of rotatable bonds is 5. The van der Waals surface area contributed by atoms with Gasteiger partial charge in [0.25, 0.3) is 5.91 Å². The van der Waals surface area contributed by atoms with E-state index < -0.39 is 6.04 Å². The molecule has 10 heteroatoms.